The van der Waals surface area contributed by atoms with E-state index in [9.17, 15) is 4.79 Å². The van der Waals surface area contributed by atoms with Crippen molar-refractivity contribution in [3.63, 3.8) is 0 Å². The Bertz CT molecular complexity index is 748. The van der Waals surface area contributed by atoms with Gasteiger partial charge in [0.05, 0.1) is 14.2 Å². The zero-order valence-electron chi connectivity index (χ0n) is 15.0. The van der Waals surface area contributed by atoms with Crippen molar-refractivity contribution in [2.75, 3.05) is 32.6 Å². The molecule has 2 aromatic rings. The molecule has 0 saturated carbocycles. The van der Waals surface area contributed by atoms with E-state index in [1.54, 1.807) is 32.4 Å². The molecule has 0 heterocycles. The molecule has 0 fully saturated rings. The number of anilines is 1. The summed E-state index contributed by atoms with van der Waals surface area (Å²) >= 11 is 0. The maximum absolute atomic E-state index is 11.8. The molecule has 0 spiro atoms. The van der Waals surface area contributed by atoms with Crippen molar-refractivity contribution < 1.29 is 14.3 Å². The monoisotopic (exact) mass is 356 g/mol. The smallest absolute Gasteiger partial charge is 0.241 e. The van der Waals surface area contributed by atoms with Gasteiger partial charge in [-0.25, -0.2) is 4.99 Å². The molecule has 4 N–H and O–H groups in total. The molecule has 0 aliphatic rings. The average Bonchev–Trinajstić information content (AvgIpc) is 2.67. The Balaban J connectivity index is 1.79. The van der Waals surface area contributed by atoms with Crippen LogP contribution < -0.4 is 25.8 Å². The van der Waals surface area contributed by atoms with Gasteiger partial charge in [-0.3, -0.25) is 4.79 Å². The molecular weight excluding hydrogens is 332 g/mol. The molecule has 2 aromatic carbocycles. The van der Waals surface area contributed by atoms with Gasteiger partial charge >= 0.3 is 0 Å². The van der Waals surface area contributed by atoms with Crippen molar-refractivity contribution in [1.29, 1.82) is 0 Å². The van der Waals surface area contributed by atoms with Crippen LogP contribution in [0.3, 0.4) is 0 Å². The number of nitrogens with two attached hydrogens (primary N) is 1. The highest BCUT2D eigenvalue weighted by molar-refractivity contribution is 5.94. The number of hydrogen-bond donors (Lipinski definition) is 3. The predicted molar refractivity (Wildman–Crippen MR) is 103 cm³/mol. The number of guanidine groups is 1. The Labute approximate surface area is 153 Å². The number of hydrogen-bond acceptors (Lipinski definition) is 4. The summed E-state index contributed by atoms with van der Waals surface area (Å²) < 4.78 is 10.4. The minimum Gasteiger partial charge on any atom is -0.493 e. The Morgan fingerprint density at radius 1 is 1.08 bits per heavy atom. The maximum atomic E-state index is 11.8. The van der Waals surface area contributed by atoms with Crippen LogP contribution in [0, 0.1) is 0 Å². The second-order valence-corrected chi connectivity index (χ2v) is 5.48. The summed E-state index contributed by atoms with van der Waals surface area (Å²) in [7, 11) is 3.12. The van der Waals surface area contributed by atoms with Gasteiger partial charge in [0, 0.05) is 18.3 Å². The normalized spacial score (nSPS) is 10.9. The van der Waals surface area contributed by atoms with Gasteiger partial charge in [-0.15, -0.1) is 0 Å². The van der Waals surface area contributed by atoms with E-state index in [0.717, 1.165) is 6.42 Å². The van der Waals surface area contributed by atoms with Gasteiger partial charge in [0.15, 0.2) is 17.5 Å². The molecule has 1 amide bonds. The first-order chi connectivity index (χ1) is 12.6. The van der Waals surface area contributed by atoms with E-state index in [-0.39, 0.29) is 18.4 Å². The van der Waals surface area contributed by atoms with Gasteiger partial charge in [-0.2, -0.15) is 0 Å². The number of rotatable bonds is 8. The molecule has 7 nitrogen and oxygen atoms in total. The van der Waals surface area contributed by atoms with Crippen LogP contribution in [-0.2, 0) is 11.2 Å². The van der Waals surface area contributed by atoms with E-state index in [2.05, 4.69) is 15.6 Å². The molecule has 7 heteroatoms. The average molecular weight is 356 g/mol. The predicted octanol–water partition coefficient (Wildman–Crippen LogP) is 1.79. The van der Waals surface area contributed by atoms with Crippen LogP contribution in [0.15, 0.2) is 53.5 Å². The lowest BCUT2D eigenvalue weighted by Crippen LogP contribution is -2.30. The highest BCUT2D eigenvalue weighted by atomic mass is 16.5. The molecule has 0 aliphatic carbocycles. The molecule has 0 radical (unpaired) electrons. The first kappa shape index (κ1) is 19.1. The van der Waals surface area contributed by atoms with Crippen LogP contribution in [0.2, 0.25) is 0 Å². The van der Waals surface area contributed by atoms with Crippen LogP contribution >= 0.6 is 0 Å². The lowest BCUT2D eigenvalue weighted by Gasteiger charge is -2.11. The molecule has 0 bridgehead atoms. The van der Waals surface area contributed by atoms with Crippen LogP contribution in [0.4, 0.5) is 5.69 Å². The van der Waals surface area contributed by atoms with Crippen molar-refractivity contribution in [2.45, 2.75) is 6.42 Å². The van der Waals surface area contributed by atoms with E-state index in [1.807, 2.05) is 30.3 Å². The highest BCUT2D eigenvalue weighted by Gasteiger charge is 2.05. The quantitative estimate of drug-likeness (QED) is 0.495. The second-order valence-electron chi connectivity index (χ2n) is 5.48. The summed E-state index contributed by atoms with van der Waals surface area (Å²) in [5, 5.41) is 5.74. The summed E-state index contributed by atoms with van der Waals surface area (Å²) in [6.07, 6.45) is 0.773. The molecular formula is C19H24N4O3. The van der Waals surface area contributed by atoms with Gasteiger partial charge in [-0.1, -0.05) is 30.3 Å². The Kier molecular flexibility index (Phi) is 7.30. The van der Waals surface area contributed by atoms with Crippen LogP contribution in [0.25, 0.3) is 0 Å². The van der Waals surface area contributed by atoms with Crippen LogP contribution in [0.5, 0.6) is 11.5 Å². The number of aliphatic imine (C=N–C) groups is 1. The number of methoxy groups -OCH3 is 2. The fraction of sp³-hybridized carbons (Fsp3) is 0.263. The fourth-order valence-corrected chi connectivity index (χ4v) is 2.31. The third-order valence-electron chi connectivity index (χ3n) is 3.63. The van der Waals surface area contributed by atoms with E-state index < -0.39 is 0 Å². The maximum Gasteiger partial charge on any atom is 0.241 e. The molecule has 0 aromatic heterocycles. The number of nitrogens with zero attached hydrogens (tertiary/aromatic N) is 1. The summed E-state index contributed by atoms with van der Waals surface area (Å²) in [5.74, 6) is 1.16. The molecule has 0 aliphatic heterocycles. The number of nitrogens with one attached hydrogen (secondary N) is 2. The Hall–Kier alpha value is -3.22. The molecule has 0 atom stereocenters. The zero-order chi connectivity index (χ0) is 18.8. The van der Waals surface area contributed by atoms with Crippen molar-refractivity contribution >= 4 is 17.6 Å². The number of benzene rings is 2. The third-order valence-corrected chi connectivity index (χ3v) is 3.63. The topological polar surface area (TPSA) is 98.0 Å². The van der Waals surface area contributed by atoms with Crippen molar-refractivity contribution in [1.82, 2.24) is 5.32 Å². The van der Waals surface area contributed by atoms with Crippen LogP contribution in [-0.4, -0.2) is 39.2 Å². The molecule has 2 rings (SSSR count). The number of carbonyl (C=O) groups is 1. The Morgan fingerprint density at radius 3 is 2.50 bits per heavy atom. The first-order valence-corrected chi connectivity index (χ1v) is 8.22. The molecule has 0 unspecified atom stereocenters. The fourth-order valence-electron chi connectivity index (χ4n) is 2.31. The summed E-state index contributed by atoms with van der Waals surface area (Å²) in [4.78, 5) is 15.9. The van der Waals surface area contributed by atoms with Crippen molar-refractivity contribution in [2.24, 2.45) is 10.7 Å². The van der Waals surface area contributed by atoms with E-state index in [0.29, 0.717) is 23.7 Å². The summed E-state index contributed by atoms with van der Waals surface area (Å²) in [6.45, 7) is 0.516. The van der Waals surface area contributed by atoms with Crippen molar-refractivity contribution in [3.8, 4) is 11.5 Å². The van der Waals surface area contributed by atoms with Crippen molar-refractivity contribution in [3.05, 3.63) is 54.1 Å². The number of ether oxygens (including phenoxy) is 2. The zero-order valence-corrected chi connectivity index (χ0v) is 15.0. The van der Waals surface area contributed by atoms with E-state index >= 15 is 0 Å². The SMILES string of the molecule is COc1ccc(NC(N)=NCC(=O)NCCc2ccccc2)cc1OC. The minimum absolute atomic E-state index is 0.0408. The third kappa shape index (κ3) is 6.01. The largest absolute Gasteiger partial charge is 0.493 e. The van der Waals surface area contributed by atoms with Gasteiger partial charge < -0.3 is 25.8 Å². The first-order valence-electron chi connectivity index (χ1n) is 8.22. The second kappa shape index (κ2) is 9.93. The number of carbonyl (C=O) groups excluding carboxylic acids is 1. The van der Waals surface area contributed by atoms with E-state index in [4.69, 9.17) is 15.2 Å². The molecule has 26 heavy (non-hydrogen) atoms. The standard InChI is InChI=1S/C19H24N4O3/c1-25-16-9-8-15(12-17(16)26-2)23-19(20)22-13-18(24)21-11-10-14-6-4-3-5-7-14/h3-9,12H,10-11,13H2,1-2H3,(H,21,24)(H3,20,22,23). The van der Waals surface area contributed by atoms with Gasteiger partial charge in [-0.05, 0) is 24.1 Å². The molecule has 138 valence electrons. The lowest BCUT2D eigenvalue weighted by molar-refractivity contribution is -0.119. The molecule has 0 saturated heterocycles. The highest BCUT2D eigenvalue weighted by Crippen LogP contribution is 2.29. The summed E-state index contributed by atoms with van der Waals surface area (Å²) in [6, 6.07) is 15.2. The van der Waals surface area contributed by atoms with Gasteiger partial charge in [0.1, 0.15) is 6.54 Å². The lowest BCUT2D eigenvalue weighted by atomic mass is 10.1. The minimum atomic E-state index is -0.182. The van der Waals surface area contributed by atoms with Gasteiger partial charge in [0.25, 0.3) is 0 Å². The van der Waals surface area contributed by atoms with Gasteiger partial charge in [0.2, 0.25) is 5.91 Å². The summed E-state index contributed by atoms with van der Waals surface area (Å²) in [5.41, 5.74) is 7.68. The van der Waals surface area contributed by atoms with Crippen LogP contribution in [0.1, 0.15) is 5.56 Å². The number of amides is 1. The Morgan fingerprint density at radius 2 is 1.81 bits per heavy atom. The van der Waals surface area contributed by atoms with E-state index in [1.165, 1.54) is 5.56 Å².